The average Bonchev–Trinajstić information content (AvgIpc) is 3.34. The molecule has 0 aromatic carbocycles. The molecular weight excluding hydrogens is 372 g/mol. The highest BCUT2D eigenvalue weighted by Crippen LogP contribution is 2.18. The minimum Gasteiger partial charge on any atom is -0.459 e. The predicted molar refractivity (Wildman–Crippen MR) is 97.7 cm³/mol. The third-order valence-corrected chi connectivity index (χ3v) is 4.81. The molecule has 10 heteroatoms. The van der Waals surface area contributed by atoms with Gasteiger partial charge < -0.3 is 19.0 Å². The highest BCUT2D eigenvalue weighted by molar-refractivity contribution is 7.14. The molecule has 2 aromatic rings. The summed E-state index contributed by atoms with van der Waals surface area (Å²) in [7, 11) is 0. The molecule has 3 heterocycles. The van der Waals surface area contributed by atoms with Crippen LogP contribution in [0.4, 0.5) is 9.93 Å². The summed E-state index contributed by atoms with van der Waals surface area (Å²) in [6.45, 7) is 3.92. The number of carbonyl (C=O) groups excluding carboxylic acids is 3. The van der Waals surface area contributed by atoms with Crippen molar-refractivity contribution in [2.45, 2.75) is 13.3 Å². The fraction of sp³-hybridized carbons (Fsp3) is 0.412. The minimum absolute atomic E-state index is 0.0623. The molecule has 3 amide bonds. The molecule has 3 rings (SSSR count). The lowest BCUT2D eigenvalue weighted by atomic mass is 10.2. The van der Waals surface area contributed by atoms with Crippen LogP contribution in [0.5, 0.6) is 0 Å². The Balaban J connectivity index is 1.48. The van der Waals surface area contributed by atoms with Gasteiger partial charge in [0.05, 0.1) is 25.0 Å². The van der Waals surface area contributed by atoms with Crippen LogP contribution in [0, 0.1) is 0 Å². The van der Waals surface area contributed by atoms with Crippen molar-refractivity contribution in [2.75, 3.05) is 38.1 Å². The van der Waals surface area contributed by atoms with E-state index >= 15 is 0 Å². The molecule has 1 N–H and O–H groups in total. The highest BCUT2D eigenvalue weighted by Gasteiger charge is 2.25. The minimum atomic E-state index is -0.387. The number of anilines is 1. The summed E-state index contributed by atoms with van der Waals surface area (Å²) in [6.07, 6.45) is 1.22. The normalized spacial score (nSPS) is 14.1. The second-order valence-corrected chi connectivity index (χ2v) is 6.68. The Morgan fingerprint density at radius 3 is 2.67 bits per heavy atom. The molecule has 0 unspecified atom stereocenters. The Hall–Kier alpha value is -2.88. The van der Waals surface area contributed by atoms with Crippen molar-refractivity contribution in [3.8, 4) is 0 Å². The van der Waals surface area contributed by atoms with E-state index in [1.54, 1.807) is 34.2 Å². The first-order valence-electron chi connectivity index (χ1n) is 8.55. The van der Waals surface area contributed by atoms with Gasteiger partial charge in [0, 0.05) is 31.6 Å². The predicted octanol–water partition coefficient (Wildman–Crippen LogP) is 1.83. The number of piperazine rings is 1. The number of carbonyl (C=O) groups is 3. The van der Waals surface area contributed by atoms with Crippen molar-refractivity contribution in [3.05, 3.63) is 35.2 Å². The lowest BCUT2D eigenvalue weighted by molar-refractivity contribution is -0.132. The number of furan rings is 1. The Morgan fingerprint density at radius 2 is 2.00 bits per heavy atom. The maximum absolute atomic E-state index is 12.4. The SMILES string of the molecule is CCOC(=O)N1CCN(C(=O)Cc2csc(NC(=O)c3ccco3)n2)CC1. The van der Waals surface area contributed by atoms with Crippen molar-refractivity contribution < 1.29 is 23.5 Å². The van der Waals surface area contributed by atoms with Gasteiger partial charge in [-0.3, -0.25) is 14.9 Å². The largest absolute Gasteiger partial charge is 0.459 e. The van der Waals surface area contributed by atoms with Gasteiger partial charge in [-0.2, -0.15) is 0 Å². The van der Waals surface area contributed by atoms with Gasteiger partial charge in [0.15, 0.2) is 10.9 Å². The Bertz CT molecular complexity index is 796. The maximum Gasteiger partial charge on any atom is 0.409 e. The first kappa shape index (κ1) is 18.9. The van der Waals surface area contributed by atoms with E-state index in [1.165, 1.54) is 17.6 Å². The molecule has 144 valence electrons. The first-order chi connectivity index (χ1) is 13.1. The summed E-state index contributed by atoms with van der Waals surface area (Å²) < 4.78 is 9.99. The van der Waals surface area contributed by atoms with E-state index < -0.39 is 0 Å². The second-order valence-electron chi connectivity index (χ2n) is 5.82. The van der Waals surface area contributed by atoms with Gasteiger partial charge in [-0.1, -0.05) is 0 Å². The van der Waals surface area contributed by atoms with Crippen LogP contribution < -0.4 is 5.32 Å². The Kier molecular flexibility index (Phi) is 6.07. The molecule has 0 spiro atoms. The summed E-state index contributed by atoms with van der Waals surface area (Å²) >= 11 is 1.25. The molecule has 0 saturated carbocycles. The van der Waals surface area contributed by atoms with E-state index in [0.29, 0.717) is 43.6 Å². The molecule has 2 aromatic heterocycles. The number of hydrogen-bond acceptors (Lipinski definition) is 7. The van der Waals surface area contributed by atoms with Gasteiger partial charge in [0.2, 0.25) is 5.91 Å². The quantitative estimate of drug-likeness (QED) is 0.832. The topological polar surface area (TPSA) is 105 Å². The van der Waals surface area contributed by atoms with Crippen LogP contribution in [0.25, 0.3) is 0 Å². The fourth-order valence-corrected chi connectivity index (χ4v) is 3.34. The molecule has 0 radical (unpaired) electrons. The number of nitrogens with one attached hydrogen (secondary N) is 1. The molecule has 0 aliphatic carbocycles. The lowest BCUT2D eigenvalue weighted by Gasteiger charge is -2.34. The number of nitrogens with zero attached hydrogens (tertiary/aromatic N) is 3. The lowest BCUT2D eigenvalue weighted by Crippen LogP contribution is -2.51. The maximum atomic E-state index is 12.4. The summed E-state index contributed by atoms with van der Waals surface area (Å²) in [5.74, 6) is -0.252. The molecule has 1 aliphatic heterocycles. The van der Waals surface area contributed by atoms with Crippen molar-refractivity contribution in [1.29, 1.82) is 0 Å². The zero-order valence-electron chi connectivity index (χ0n) is 14.8. The van der Waals surface area contributed by atoms with Gasteiger partial charge in [-0.05, 0) is 19.1 Å². The van der Waals surface area contributed by atoms with Crippen molar-refractivity contribution in [2.24, 2.45) is 0 Å². The zero-order valence-corrected chi connectivity index (χ0v) is 15.7. The summed E-state index contributed by atoms with van der Waals surface area (Å²) in [4.78, 5) is 43.6. The molecule has 1 fully saturated rings. The molecular formula is C17H20N4O5S. The van der Waals surface area contributed by atoms with Crippen LogP contribution in [0.15, 0.2) is 28.2 Å². The van der Waals surface area contributed by atoms with Gasteiger partial charge >= 0.3 is 6.09 Å². The van der Waals surface area contributed by atoms with Crippen molar-refractivity contribution >= 4 is 34.4 Å². The molecule has 0 bridgehead atoms. The van der Waals surface area contributed by atoms with Crippen LogP contribution >= 0.6 is 11.3 Å². The summed E-state index contributed by atoms with van der Waals surface area (Å²) in [6, 6.07) is 3.19. The standard InChI is InChI=1S/C17H20N4O5S/c1-2-25-17(24)21-7-5-20(6-8-21)14(22)10-12-11-27-16(18-12)19-15(23)13-4-3-9-26-13/h3-4,9,11H,2,5-8,10H2,1H3,(H,18,19,23). The molecule has 0 atom stereocenters. The van der Waals surface area contributed by atoms with Crippen LogP contribution in [-0.2, 0) is 16.0 Å². The number of amides is 3. The third-order valence-electron chi connectivity index (χ3n) is 4.01. The van der Waals surface area contributed by atoms with Crippen molar-refractivity contribution in [3.63, 3.8) is 0 Å². The molecule has 27 heavy (non-hydrogen) atoms. The van der Waals surface area contributed by atoms with Crippen molar-refractivity contribution in [1.82, 2.24) is 14.8 Å². The number of hydrogen-bond donors (Lipinski definition) is 1. The van der Waals surface area contributed by atoms with Crippen LogP contribution in [-0.4, -0.2) is 65.5 Å². The van der Waals surface area contributed by atoms with E-state index in [9.17, 15) is 14.4 Å². The molecule has 1 aliphatic rings. The second kappa shape index (κ2) is 8.67. The Labute approximate surface area is 159 Å². The number of thiazole rings is 1. The summed E-state index contributed by atoms with van der Waals surface area (Å²) in [5, 5.41) is 4.79. The Morgan fingerprint density at radius 1 is 1.26 bits per heavy atom. The number of aromatic nitrogens is 1. The smallest absolute Gasteiger partial charge is 0.409 e. The van der Waals surface area contributed by atoms with E-state index in [1.807, 2.05) is 0 Å². The average molecular weight is 392 g/mol. The monoisotopic (exact) mass is 392 g/mol. The van der Waals surface area contributed by atoms with E-state index in [0.717, 1.165) is 0 Å². The van der Waals surface area contributed by atoms with E-state index in [2.05, 4.69) is 10.3 Å². The van der Waals surface area contributed by atoms with Crippen LogP contribution in [0.1, 0.15) is 23.2 Å². The van der Waals surface area contributed by atoms with E-state index in [-0.39, 0.29) is 30.1 Å². The molecule has 1 saturated heterocycles. The number of rotatable bonds is 5. The highest BCUT2D eigenvalue weighted by atomic mass is 32.1. The summed E-state index contributed by atoms with van der Waals surface area (Å²) in [5.41, 5.74) is 0.590. The van der Waals surface area contributed by atoms with E-state index in [4.69, 9.17) is 9.15 Å². The number of ether oxygens (including phenoxy) is 1. The third kappa shape index (κ3) is 4.85. The zero-order chi connectivity index (χ0) is 19.2. The van der Waals surface area contributed by atoms with Gasteiger partial charge in [0.1, 0.15) is 0 Å². The van der Waals surface area contributed by atoms with Gasteiger partial charge in [-0.15, -0.1) is 11.3 Å². The van der Waals surface area contributed by atoms with Crippen LogP contribution in [0.2, 0.25) is 0 Å². The van der Waals surface area contributed by atoms with Gasteiger partial charge in [-0.25, -0.2) is 9.78 Å². The molecule has 9 nitrogen and oxygen atoms in total. The van der Waals surface area contributed by atoms with Gasteiger partial charge in [0.25, 0.3) is 5.91 Å². The van der Waals surface area contributed by atoms with Crippen LogP contribution in [0.3, 0.4) is 0 Å². The fourth-order valence-electron chi connectivity index (χ4n) is 2.63. The first-order valence-corrected chi connectivity index (χ1v) is 9.43.